The monoisotopic (exact) mass is 501 g/mol. The van der Waals surface area contributed by atoms with Gasteiger partial charge in [-0.2, -0.15) is 0 Å². The SMILES string of the molecule is Brc1ccc2c(c1)C1(c3ccccc3-c3cc4sc5ccccc5c4cc31)c1ccncc1-2. The van der Waals surface area contributed by atoms with E-state index in [0.29, 0.717) is 0 Å². The zero-order valence-corrected chi connectivity index (χ0v) is 19.9. The standard InChI is InChI=1S/C30H16BrNS/c31-17-9-10-19-23-16-32-12-11-25(23)30(26(19)13-17)24-7-3-1-5-18(24)21-15-29-22(14-27(21)30)20-6-2-4-8-28(20)33-29/h1-16H. The van der Waals surface area contributed by atoms with Crippen LogP contribution < -0.4 is 0 Å². The van der Waals surface area contributed by atoms with Crippen LogP contribution in [-0.4, -0.2) is 4.98 Å². The van der Waals surface area contributed by atoms with Gasteiger partial charge in [-0.25, -0.2) is 0 Å². The number of rotatable bonds is 0. The lowest BCUT2D eigenvalue weighted by atomic mass is 9.70. The third-order valence-corrected chi connectivity index (χ3v) is 9.07. The summed E-state index contributed by atoms with van der Waals surface area (Å²) in [6, 6.07) is 31.6. The third kappa shape index (κ3) is 2.11. The molecule has 2 aromatic heterocycles. The second kappa shape index (κ2) is 6.19. The van der Waals surface area contributed by atoms with Gasteiger partial charge in [-0.05, 0) is 75.3 Å². The predicted octanol–water partition coefficient (Wildman–Crippen LogP) is 8.56. The highest BCUT2D eigenvalue weighted by Crippen LogP contribution is 2.63. The Morgan fingerprint density at radius 3 is 2.36 bits per heavy atom. The lowest BCUT2D eigenvalue weighted by Gasteiger charge is -2.30. The summed E-state index contributed by atoms with van der Waals surface area (Å²) in [6.07, 6.45) is 3.98. The van der Waals surface area contributed by atoms with Crippen molar-refractivity contribution in [3.05, 3.63) is 124 Å². The van der Waals surface area contributed by atoms with E-state index in [1.807, 2.05) is 23.7 Å². The van der Waals surface area contributed by atoms with E-state index in [2.05, 4.69) is 106 Å². The molecular weight excluding hydrogens is 486 g/mol. The van der Waals surface area contributed by atoms with Crippen molar-refractivity contribution < 1.29 is 0 Å². The molecule has 3 heteroatoms. The molecule has 0 radical (unpaired) electrons. The Hall–Kier alpha value is -3.27. The molecule has 6 aromatic rings. The van der Waals surface area contributed by atoms with Crippen molar-refractivity contribution in [2.75, 3.05) is 0 Å². The van der Waals surface area contributed by atoms with E-state index in [0.717, 1.165) is 4.47 Å². The molecule has 1 spiro atoms. The molecule has 0 bridgehead atoms. The summed E-state index contributed by atoms with van der Waals surface area (Å²) in [6.45, 7) is 0. The minimum atomic E-state index is -0.333. The summed E-state index contributed by atoms with van der Waals surface area (Å²) in [5, 5.41) is 2.69. The van der Waals surface area contributed by atoms with Gasteiger partial charge < -0.3 is 0 Å². The van der Waals surface area contributed by atoms with E-state index in [-0.39, 0.29) is 5.41 Å². The maximum absolute atomic E-state index is 4.52. The lowest BCUT2D eigenvalue weighted by molar-refractivity contribution is 0.793. The van der Waals surface area contributed by atoms with Crippen LogP contribution in [0.5, 0.6) is 0 Å². The van der Waals surface area contributed by atoms with Crippen molar-refractivity contribution in [3.63, 3.8) is 0 Å². The topological polar surface area (TPSA) is 12.9 Å². The molecule has 0 saturated heterocycles. The highest BCUT2D eigenvalue weighted by atomic mass is 79.9. The average Bonchev–Trinajstić information content (AvgIpc) is 3.46. The van der Waals surface area contributed by atoms with Crippen LogP contribution in [0.25, 0.3) is 42.4 Å². The number of fused-ring (bicyclic) bond motifs is 13. The minimum Gasteiger partial charge on any atom is -0.264 e. The molecule has 1 unspecified atom stereocenters. The van der Waals surface area contributed by atoms with Gasteiger partial charge in [0.05, 0.1) is 5.41 Å². The van der Waals surface area contributed by atoms with Gasteiger partial charge in [-0.15, -0.1) is 11.3 Å². The third-order valence-electron chi connectivity index (χ3n) is 7.44. The van der Waals surface area contributed by atoms with E-state index in [1.165, 1.54) is 64.7 Å². The van der Waals surface area contributed by atoms with E-state index >= 15 is 0 Å². The molecule has 2 heterocycles. The van der Waals surface area contributed by atoms with E-state index < -0.39 is 0 Å². The number of halogens is 1. The quantitative estimate of drug-likeness (QED) is 0.202. The van der Waals surface area contributed by atoms with Crippen LogP contribution in [0.1, 0.15) is 22.3 Å². The lowest BCUT2D eigenvalue weighted by Crippen LogP contribution is -2.25. The van der Waals surface area contributed by atoms with Crippen molar-refractivity contribution >= 4 is 47.4 Å². The Balaban J connectivity index is 1.61. The molecule has 33 heavy (non-hydrogen) atoms. The summed E-state index contributed by atoms with van der Waals surface area (Å²) in [5.74, 6) is 0. The first kappa shape index (κ1) is 18.2. The van der Waals surface area contributed by atoms with E-state index in [9.17, 15) is 0 Å². The summed E-state index contributed by atoms with van der Waals surface area (Å²) >= 11 is 5.66. The van der Waals surface area contributed by atoms with Gasteiger partial charge in [0.25, 0.3) is 0 Å². The molecule has 4 aromatic carbocycles. The highest BCUT2D eigenvalue weighted by Gasteiger charge is 2.52. The number of nitrogens with zero attached hydrogens (tertiary/aromatic N) is 1. The first-order valence-corrected chi connectivity index (χ1v) is 12.7. The first-order valence-electron chi connectivity index (χ1n) is 11.1. The zero-order valence-electron chi connectivity index (χ0n) is 17.5. The minimum absolute atomic E-state index is 0.333. The zero-order chi connectivity index (χ0) is 21.7. The number of pyridine rings is 1. The van der Waals surface area contributed by atoms with Gasteiger partial charge in [0, 0.05) is 42.6 Å². The number of thiophene rings is 1. The number of benzene rings is 4. The molecule has 0 amide bonds. The molecule has 1 nitrogen and oxygen atoms in total. The molecule has 2 aliphatic carbocycles. The number of aromatic nitrogens is 1. The Labute approximate surface area is 203 Å². The Morgan fingerprint density at radius 2 is 1.39 bits per heavy atom. The molecule has 0 fully saturated rings. The van der Waals surface area contributed by atoms with Crippen molar-refractivity contribution in [2.45, 2.75) is 5.41 Å². The molecule has 0 saturated carbocycles. The van der Waals surface area contributed by atoms with Gasteiger partial charge in [0.15, 0.2) is 0 Å². The van der Waals surface area contributed by atoms with Crippen molar-refractivity contribution in [1.29, 1.82) is 0 Å². The Kier molecular flexibility index (Phi) is 3.41. The molecule has 154 valence electrons. The van der Waals surface area contributed by atoms with Gasteiger partial charge in [-0.1, -0.05) is 64.5 Å². The maximum Gasteiger partial charge on any atom is 0.0727 e. The molecular formula is C30H16BrNS. The molecule has 0 aliphatic heterocycles. The highest BCUT2D eigenvalue weighted by molar-refractivity contribution is 9.10. The van der Waals surface area contributed by atoms with E-state index in [4.69, 9.17) is 0 Å². The van der Waals surface area contributed by atoms with Crippen LogP contribution in [0.15, 0.2) is 102 Å². The van der Waals surface area contributed by atoms with Crippen molar-refractivity contribution in [2.24, 2.45) is 0 Å². The summed E-state index contributed by atoms with van der Waals surface area (Å²) in [7, 11) is 0. The Morgan fingerprint density at radius 1 is 0.606 bits per heavy atom. The fraction of sp³-hybridized carbons (Fsp3) is 0.0333. The normalized spacial score (nSPS) is 17.4. The second-order valence-electron chi connectivity index (χ2n) is 8.90. The van der Waals surface area contributed by atoms with Crippen molar-refractivity contribution in [1.82, 2.24) is 4.98 Å². The summed E-state index contributed by atoms with van der Waals surface area (Å²) in [4.78, 5) is 4.52. The first-order chi connectivity index (χ1) is 16.3. The Bertz CT molecular complexity index is 1800. The van der Waals surface area contributed by atoms with Crippen LogP contribution in [0.3, 0.4) is 0 Å². The fourth-order valence-electron chi connectivity index (χ4n) is 6.22. The van der Waals surface area contributed by atoms with Gasteiger partial charge >= 0.3 is 0 Å². The van der Waals surface area contributed by atoms with Crippen LogP contribution in [0.4, 0.5) is 0 Å². The maximum atomic E-state index is 4.52. The average molecular weight is 502 g/mol. The summed E-state index contributed by atoms with van der Waals surface area (Å²) in [5.41, 5.74) is 10.3. The molecule has 2 aliphatic rings. The smallest absolute Gasteiger partial charge is 0.0727 e. The second-order valence-corrected chi connectivity index (χ2v) is 10.9. The molecule has 8 rings (SSSR count). The van der Waals surface area contributed by atoms with Crippen LogP contribution >= 0.6 is 27.3 Å². The van der Waals surface area contributed by atoms with Crippen LogP contribution in [0.2, 0.25) is 0 Å². The number of hydrogen-bond acceptors (Lipinski definition) is 2. The number of hydrogen-bond donors (Lipinski definition) is 0. The predicted molar refractivity (Wildman–Crippen MR) is 141 cm³/mol. The van der Waals surface area contributed by atoms with Gasteiger partial charge in [-0.3, -0.25) is 4.98 Å². The van der Waals surface area contributed by atoms with Gasteiger partial charge in [0.1, 0.15) is 0 Å². The van der Waals surface area contributed by atoms with Gasteiger partial charge in [0.2, 0.25) is 0 Å². The van der Waals surface area contributed by atoms with Crippen molar-refractivity contribution in [3.8, 4) is 22.3 Å². The largest absolute Gasteiger partial charge is 0.264 e. The van der Waals surface area contributed by atoms with Crippen LogP contribution in [0, 0.1) is 0 Å². The van der Waals surface area contributed by atoms with Crippen LogP contribution in [-0.2, 0) is 5.41 Å². The molecule has 1 atom stereocenters. The van der Waals surface area contributed by atoms with E-state index in [1.54, 1.807) is 0 Å². The summed E-state index contributed by atoms with van der Waals surface area (Å²) < 4.78 is 3.80. The fourth-order valence-corrected chi connectivity index (χ4v) is 7.71. The molecule has 0 N–H and O–H groups in total.